The van der Waals surface area contributed by atoms with Gasteiger partial charge in [0.1, 0.15) is 11.6 Å². The SMILES string of the molecule is CCNc1cc([N+](=O)[O-])cc(N2CCC(O)C(C)C2)n1. The van der Waals surface area contributed by atoms with Crippen LogP contribution in [-0.4, -0.2) is 40.8 Å². The van der Waals surface area contributed by atoms with Crippen LogP contribution < -0.4 is 10.2 Å². The number of hydrogen-bond donors (Lipinski definition) is 2. The first-order valence-electron chi connectivity index (χ1n) is 6.84. The predicted molar refractivity (Wildman–Crippen MR) is 77.1 cm³/mol. The molecule has 20 heavy (non-hydrogen) atoms. The molecule has 110 valence electrons. The second-order valence-electron chi connectivity index (χ2n) is 5.14. The van der Waals surface area contributed by atoms with Crippen molar-refractivity contribution in [2.24, 2.45) is 5.92 Å². The van der Waals surface area contributed by atoms with Gasteiger partial charge in [0.15, 0.2) is 0 Å². The van der Waals surface area contributed by atoms with Crippen LogP contribution in [0.15, 0.2) is 12.1 Å². The van der Waals surface area contributed by atoms with Gasteiger partial charge in [0.2, 0.25) is 0 Å². The summed E-state index contributed by atoms with van der Waals surface area (Å²) in [6.07, 6.45) is 0.348. The van der Waals surface area contributed by atoms with E-state index in [9.17, 15) is 15.2 Å². The lowest BCUT2D eigenvalue weighted by Crippen LogP contribution is -2.42. The minimum absolute atomic E-state index is 0.0322. The van der Waals surface area contributed by atoms with Crippen LogP contribution in [0.4, 0.5) is 17.3 Å². The maximum Gasteiger partial charge on any atom is 0.276 e. The van der Waals surface area contributed by atoms with Gasteiger partial charge in [-0.05, 0) is 19.3 Å². The third-order valence-electron chi connectivity index (χ3n) is 3.55. The molecule has 1 aliphatic heterocycles. The van der Waals surface area contributed by atoms with Crippen molar-refractivity contribution in [3.8, 4) is 0 Å². The molecule has 0 saturated carbocycles. The molecule has 1 saturated heterocycles. The number of piperidine rings is 1. The number of pyridine rings is 1. The summed E-state index contributed by atoms with van der Waals surface area (Å²) in [5.41, 5.74) is 0.0322. The van der Waals surface area contributed by atoms with E-state index in [-0.39, 0.29) is 17.7 Å². The van der Waals surface area contributed by atoms with Gasteiger partial charge in [-0.15, -0.1) is 0 Å². The Morgan fingerprint density at radius 3 is 2.95 bits per heavy atom. The quantitative estimate of drug-likeness (QED) is 0.643. The van der Waals surface area contributed by atoms with E-state index in [2.05, 4.69) is 10.3 Å². The number of nitro groups is 1. The van der Waals surface area contributed by atoms with Gasteiger partial charge in [0, 0.05) is 19.6 Å². The molecule has 1 aromatic heterocycles. The largest absolute Gasteiger partial charge is 0.393 e. The molecular formula is C13H20N4O3. The molecule has 1 fully saturated rings. The Morgan fingerprint density at radius 1 is 1.60 bits per heavy atom. The third kappa shape index (κ3) is 3.16. The summed E-state index contributed by atoms with van der Waals surface area (Å²) >= 11 is 0. The first-order chi connectivity index (χ1) is 9.51. The molecule has 7 nitrogen and oxygen atoms in total. The molecule has 0 spiro atoms. The zero-order chi connectivity index (χ0) is 14.7. The van der Waals surface area contributed by atoms with Crippen molar-refractivity contribution in [2.45, 2.75) is 26.4 Å². The molecule has 0 bridgehead atoms. The van der Waals surface area contributed by atoms with Crippen molar-refractivity contribution in [1.29, 1.82) is 0 Å². The first kappa shape index (κ1) is 14.5. The normalized spacial score (nSPS) is 22.6. The lowest BCUT2D eigenvalue weighted by molar-refractivity contribution is -0.384. The molecule has 0 aromatic carbocycles. The Kier molecular flexibility index (Phi) is 4.39. The lowest BCUT2D eigenvalue weighted by Gasteiger charge is -2.35. The van der Waals surface area contributed by atoms with Gasteiger partial charge in [-0.2, -0.15) is 0 Å². The highest BCUT2D eigenvalue weighted by Crippen LogP contribution is 2.27. The van der Waals surface area contributed by atoms with Gasteiger partial charge >= 0.3 is 0 Å². The van der Waals surface area contributed by atoms with Crippen molar-refractivity contribution < 1.29 is 10.0 Å². The van der Waals surface area contributed by atoms with E-state index >= 15 is 0 Å². The van der Waals surface area contributed by atoms with E-state index in [1.54, 1.807) is 0 Å². The molecular weight excluding hydrogens is 260 g/mol. The zero-order valence-electron chi connectivity index (χ0n) is 11.7. The predicted octanol–water partition coefficient (Wildman–Crippen LogP) is 1.63. The molecule has 1 aliphatic rings. The van der Waals surface area contributed by atoms with Crippen LogP contribution in [0.5, 0.6) is 0 Å². The van der Waals surface area contributed by atoms with Crippen molar-refractivity contribution >= 4 is 17.3 Å². The summed E-state index contributed by atoms with van der Waals surface area (Å²) in [5, 5.41) is 23.8. The number of aliphatic hydroxyl groups is 1. The number of anilines is 2. The topological polar surface area (TPSA) is 91.5 Å². The molecule has 2 N–H and O–H groups in total. The van der Waals surface area contributed by atoms with Crippen LogP contribution in [0.2, 0.25) is 0 Å². The number of nitrogens with one attached hydrogen (secondary N) is 1. The zero-order valence-corrected chi connectivity index (χ0v) is 11.7. The number of nitrogens with zero attached hydrogens (tertiary/aromatic N) is 3. The van der Waals surface area contributed by atoms with Gasteiger partial charge in [0.25, 0.3) is 5.69 Å². The third-order valence-corrected chi connectivity index (χ3v) is 3.55. The molecule has 2 rings (SSSR count). The van der Waals surface area contributed by atoms with E-state index in [4.69, 9.17) is 0 Å². The fraction of sp³-hybridized carbons (Fsp3) is 0.615. The van der Waals surface area contributed by atoms with E-state index in [1.165, 1.54) is 12.1 Å². The Bertz CT molecular complexity index is 495. The molecule has 1 aromatic rings. The second kappa shape index (κ2) is 6.04. The van der Waals surface area contributed by atoms with Gasteiger partial charge in [-0.1, -0.05) is 6.92 Å². The van der Waals surface area contributed by atoms with Crippen molar-refractivity contribution in [3.63, 3.8) is 0 Å². The highest BCUT2D eigenvalue weighted by atomic mass is 16.6. The highest BCUT2D eigenvalue weighted by Gasteiger charge is 2.26. The average molecular weight is 280 g/mol. The standard InChI is InChI=1S/C13H20N4O3/c1-3-14-12-6-10(17(19)20)7-13(15-12)16-5-4-11(18)9(2)8-16/h6-7,9,11,18H,3-5,8H2,1-2H3,(H,14,15). The summed E-state index contributed by atoms with van der Waals surface area (Å²) < 4.78 is 0. The smallest absolute Gasteiger partial charge is 0.276 e. The van der Waals surface area contributed by atoms with Crippen LogP contribution in [0.25, 0.3) is 0 Å². The second-order valence-corrected chi connectivity index (χ2v) is 5.14. The van der Waals surface area contributed by atoms with E-state index in [0.717, 1.165) is 0 Å². The Hall–Kier alpha value is -1.89. The summed E-state index contributed by atoms with van der Waals surface area (Å²) in [6, 6.07) is 2.93. The number of aliphatic hydroxyl groups excluding tert-OH is 1. The van der Waals surface area contributed by atoms with Gasteiger partial charge < -0.3 is 15.3 Å². The fourth-order valence-electron chi connectivity index (χ4n) is 2.38. The molecule has 0 radical (unpaired) electrons. The van der Waals surface area contributed by atoms with Crippen LogP contribution in [0.1, 0.15) is 20.3 Å². The summed E-state index contributed by atoms with van der Waals surface area (Å²) in [7, 11) is 0. The van der Waals surface area contributed by atoms with Gasteiger partial charge in [-0.25, -0.2) is 4.98 Å². The number of rotatable bonds is 4. The molecule has 0 aliphatic carbocycles. The van der Waals surface area contributed by atoms with Crippen molar-refractivity contribution in [2.75, 3.05) is 29.9 Å². The van der Waals surface area contributed by atoms with E-state index in [0.29, 0.717) is 37.7 Å². The minimum Gasteiger partial charge on any atom is -0.393 e. The maximum absolute atomic E-state index is 11.0. The van der Waals surface area contributed by atoms with Crippen LogP contribution in [0, 0.1) is 16.0 Å². The van der Waals surface area contributed by atoms with Crippen LogP contribution in [-0.2, 0) is 0 Å². The van der Waals surface area contributed by atoms with E-state index in [1.807, 2.05) is 18.7 Å². The Morgan fingerprint density at radius 2 is 2.35 bits per heavy atom. The molecule has 2 atom stereocenters. The molecule has 2 unspecified atom stereocenters. The van der Waals surface area contributed by atoms with E-state index < -0.39 is 4.92 Å². The monoisotopic (exact) mass is 280 g/mol. The van der Waals surface area contributed by atoms with Crippen molar-refractivity contribution in [3.05, 3.63) is 22.2 Å². The Labute approximate surface area is 117 Å². The Balaban J connectivity index is 2.28. The van der Waals surface area contributed by atoms with Crippen LogP contribution in [0.3, 0.4) is 0 Å². The fourth-order valence-corrected chi connectivity index (χ4v) is 2.38. The first-order valence-corrected chi connectivity index (χ1v) is 6.84. The lowest BCUT2D eigenvalue weighted by atomic mass is 9.97. The average Bonchev–Trinajstić information content (AvgIpc) is 2.42. The molecule has 0 amide bonds. The molecule has 2 heterocycles. The summed E-state index contributed by atoms with van der Waals surface area (Å²) in [4.78, 5) is 17.0. The van der Waals surface area contributed by atoms with Crippen molar-refractivity contribution in [1.82, 2.24) is 4.98 Å². The number of aromatic nitrogens is 1. The number of hydrogen-bond acceptors (Lipinski definition) is 6. The van der Waals surface area contributed by atoms with Crippen LogP contribution >= 0.6 is 0 Å². The minimum atomic E-state index is -0.408. The highest BCUT2D eigenvalue weighted by molar-refractivity contribution is 5.56. The summed E-state index contributed by atoms with van der Waals surface area (Å²) in [5.74, 6) is 1.23. The van der Waals surface area contributed by atoms with Gasteiger partial charge in [-0.3, -0.25) is 10.1 Å². The molecule has 7 heteroatoms. The summed E-state index contributed by atoms with van der Waals surface area (Å²) in [6.45, 7) is 5.85. The van der Waals surface area contributed by atoms with Gasteiger partial charge in [0.05, 0.1) is 23.2 Å². The maximum atomic E-state index is 11.0.